The van der Waals surface area contributed by atoms with Crippen LogP contribution in [0.15, 0.2) is 28.3 Å². The number of sulfonamides is 1. The van der Waals surface area contributed by atoms with Gasteiger partial charge in [-0.1, -0.05) is 13.8 Å². The summed E-state index contributed by atoms with van der Waals surface area (Å²) in [6, 6.07) is 0.0622. The van der Waals surface area contributed by atoms with Crippen molar-refractivity contribution in [2.45, 2.75) is 26.3 Å². The van der Waals surface area contributed by atoms with Gasteiger partial charge in [0.2, 0.25) is 0 Å². The number of amides is 1. The molecule has 1 amide bonds. The Morgan fingerprint density at radius 2 is 2.13 bits per heavy atom. The van der Waals surface area contributed by atoms with Gasteiger partial charge in [0, 0.05) is 32.4 Å². The van der Waals surface area contributed by atoms with Gasteiger partial charge >= 0.3 is 0 Å². The Morgan fingerprint density at radius 1 is 1.43 bits per heavy atom. The molecule has 7 nitrogen and oxygen atoms in total. The fraction of sp³-hybridized carbons (Fsp3) is 0.600. The van der Waals surface area contributed by atoms with Gasteiger partial charge in [0.1, 0.15) is 5.84 Å². The third-order valence-electron chi connectivity index (χ3n) is 4.07. The topological polar surface area (TPSA) is 96.1 Å². The molecule has 0 fully saturated rings. The minimum atomic E-state index is -3.38. The fourth-order valence-electron chi connectivity index (χ4n) is 2.33. The van der Waals surface area contributed by atoms with Crippen LogP contribution >= 0.6 is 0 Å². The molecule has 2 aliphatic heterocycles. The summed E-state index contributed by atoms with van der Waals surface area (Å²) in [6.07, 6.45) is 5.58. The average molecular weight is 340 g/mol. The van der Waals surface area contributed by atoms with Crippen LogP contribution < -0.4 is 5.73 Å². The second-order valence-electron chi connectivity index (χ2n) is 6.27. The molecule has 2 heterocycles. The van der Waals surface area contributed by atoms with E-state index in [0.717, 1.165) is 6.42 Å². The number of hydrogen-bond donors (Lipinski definition) is 1. The van der Waals surface area contributed by atoms with Gasteiger partial charge in [0.15, 0.2) is 0 Å². The monoisotopic (exact) mass is 340 g/mol. The summed E-state index contributed by atoms with van der Waals surface area (Å²) in [6.45, 7) is 5.01. The van der Waals surface area contributed by atoms with Gasteiger partial charge in [-0.05, 0) is 24.5 Å². The van der Waals surface area contributed by atoms with E-state index in [9.17, 15) is 13.2 Å². The van der Waals surface area contributed by atoms with Crippen molar-refractivity contribution in [1.29, 1.82) is 0 Å². The molecule has 0 aliphatic carbocycles. The van der Waals surface area contributed by atoms with Gasteiger partial charge in [-0.3, -0.25) is 4.79 Å². The highest BCUT2D eigenvalue weighted by molar-refractivity contribution is 7.90. The number of nitrogens with two attached hydrogens (primary N) is 1. The van der Waals surface area contributed by atoms with Crippen molar-refractivity contribution in [3.8, 4) is 0 Å². The molecule has 0 aromatic carbocycles. The minimum absolute atomic E-state index is 0.0403. The molecule has 1 unspecified atom stereocenters. The molecule has 0 aromatic heterocycles. The van der Waals surface area contributed by atoms with Crippen molar-refractivity contribution in [3.05, 3.63) is 23.9 Å². The quantitative estimate of drug-likeness (QED) is 0.777. The summed E-state index contributed by atoms with van der Waals surface area (Å²) in [4.78, 5) is 15.8. The van der Waals surface area contributed by atoms with Gasteiger partial charge in [-0.2, -0.15) is 0 Å². The van der Waals surface area contributed by atoms with Gasteiger partial charge in [0.25, 0.3) is 15.9 Å². The summed E-state index contributed by atoms with van der Waals surface area (Å²) < 4.78 is 26.7. The lowest BCUT2D eigenvalue weighted by Crippen LogP contribution is -2.39. The first-order valence-corrected chi connectivity index (χ1v) is 9.31. The van der Waals surface area contributed by atoms with E-state index >= 15 is 0 Å². The molecule has 0 saturated carbocycles. The third kappa shape index (κ3) is 4.42. The van der Waals surface area contributed by atoms with E-state index in [4.69, 9.17) is 5.73 Å². The normalized spacial score (nSPS) is 20.7. The van der Waals surface area contributed by atoms with Crippen LogP contribution in [0.2, 0.25) is 0 Å². The van der Waals surface area contributed by atoms with E-state index in [1.54, 1.807) is 35.2 Å². The summed E-state index contributed by atoms with van der Waals surface area (Å²) >= 11 is 0. The van der Waals surface area contributed by atoms with E-state index in [1.165, 1.54) is 0 Å². The number of likely N-dealkylation sites (N-methyl/N-ethyl adjacent to an activating group) is 1. The molecule has 2 rings (SSSR count). The van der Waals surface area contributed by atoms with Gasteiger partial charge in [0.05, 0.1) is 11.3 Å². The minimum Gasteiger partial charge on any atom is -0.342 e. The number of amidine groups is 1. The Balaban J connectivity index is 2.02. The number of nitrogens with zero attached hydrogens (tertiary/aromatic N) is 3. The SMILES string of the molecule is CC(C)C(N)CCN(C)C(=O)C1=CN2CCS(=O)(=O)N=C2C=C1. The predicted molar refractivity (Wildman–Crippen MR) is 90.2 cm³/mol. The highest BCUT2D eigenvalue weighted by Crippen LogP contribution is 2.17. The van der Waals surface area contributed by atoms with E-state index < -0.39 is 10.0 Å². The zero-order chi connectivity index (χ0) is 17.2. The summed E-state index contributed by atoms with van der Waals surface area (Å²) in [5.41, 5.74) is 6.53. The Hall–Kier alpha value is -1.67. The second-order valence-corrected chi connectivity index (χ2v) is 8.02. The van der Waals surface area contributed by atoms with Crippen molar-refractivity contribution in [2.75, 3.05) is 25.9 Å². The lowest BCUT2D eigenvalue weighted by molar-refractivity contribution is -0.125. The smallest absolute Gasteiger partial charge is 0.256 e. The summed E-state index contributed by atoms with van der Waals surface area (Å²) in [5.74, 6) is 0.588. The standard InChI is InChI=1S/C15H24N4O3S/c1-11(2)13(16)6-7-18(3)15(20)12-4-5-14-17-23(21,22)9-8-19(14)10-12/h4-5,10-11,13H,6-9,16H2,1-3H3. The molecule has 23 heavy (non-hydrogen) atoms. The average Bonchev–Trinajstić information content (AvgIpc) is 2.50. The largest absolute Gasteiger partial charge is 0.342 e. The van der Waals surface area contributed by atoms with Crippen LogP contribution in [-0.4, -0.2) is 61.9 Å². The van der Waals surface area contributed by atoms with Crippen LogP contribution in [0.3, 0.4) is 0 Å². The molecule has 128 valence electrons. The van der Waals surface area contributed by atoms with E-state index in [-0.39, 0.29) is 17.7 Å². The zero-order valence-corrected chi connectivity index (χ0v) is 14.6. The number of carbonyl (C=O) groups excluding carboxylic acids is 1. The van der Waals surface area contributed by atoms with Crippen LogP contribution in [0, 0.1) is 5.92 Å². The van der Waals surface area contributed by atoms with Gasteiger partial charge in [-0.25, -0.2) is 8.42 Å². The van der Waals surface area contributed by atoms with Crippen molar-refractivity contribution >= 4 is 21.8 Å². The molecule has 0 aromatic rings. The Labute approximate surface area is 137 Å². The number of rotatable bonds is 5. The molecule has 1 atom stereocenters. The van der Waals surface area contributed by atoms with Crippen LogP contribution in [0.4, 0.5) is 0 Å². The van der Waals surface area contributed by atoms with Crippen LogP contribution in [0.5, 0.6) is 0 Å². The van der Waals surface area contributed by atoms with Gasteiger partial charge < -0.3 is 15.5 Å². The number of carbonyl (C=O) groups is 1. The van der Waals surface area contributed by atoms with E-state index in [2.05, 4.69) is 18.2 Å². The Bertz CT molecular complexity index is 664. The van der Waals surface area contributed by atoms with Crippen molar-refractivity contribution in [3.63, 3.8) is 0 Å². The molecule has 2 N–H and O–H groups in total. The molecule has 8 heteroatoms. The van der Waals surface area contributed by atoms with Crippen molar-refractivity contribution in [1.82, 2.24) is 9.80 Å². The highest BCUT2D eigenvalue weighted by atomic mass is 32.2. The predicted octanol–water partition coefficient (Wildman–Crippen LogP) is 0.316. The first kappa shape index (κ1) is 17.7. The molecule has 0 spiro atoms. The molecular formula is C15H24N4O3S. The Kier molecular flexibility index (Phi) is 5.26. The van der Waals surface area contributed by atoms with Crippen molar-refractivity contribution in [2.24, 2.45) is 16.0 Å². The second kappa shape index (κ2) is 6.84. The summed E-state index contributed by atoms with van der Waals surface area (Å²) in [5, 5.41) is 0. The third-order valence-corrected chi connectivity index (χ3v) is 5.24. The van der Waals surface area contributed by atoms with E-state index in [0.29, 0.717) is 30.4 Å². The van der Waals surface area contributed by atoms with E-state index in [1.807, 2.05) is 0 Å². The lowest BCUT2D eigenvalue weighted by atomic mass is 10.0. The van der Waals surface area contributed by atoms with Crippen LogP contribution in [0.25, 0.3) is 0 Å². The molecule has 2 aliphatic rings. The maximum atomic E-state index is 12.5. The molecule has 0 bridgehead atoms. The lowest BCUT2D eigenvalue weighted by Gasteiger charge is -2.28. The molecule has 0 saturated heterocycles. The first-order valence-electron chi connectivity index (χ1n) is 7.70. The zero-order valence-electron chi connectivity index (χ0n) is 13.8. The van der Waals surface area contributed by atoms with Gasteiger partial charge in [-0.15, -0.1) is 4.40 Å². The van der Waals surface area contributed by atoms with Crippen LogP contribution in [0.1, 0.15) is 20.3 Å². The summed E-state index contributed by atoms with van der Waals surface area (Å²) in [7, 11) is -1.63. The first-order chi connectivity index (χ1) is 10.7. The number of fused-ring (bicyclic) bond motifs is 1. The number of hydrogen-bond acceptors (Lipinski definition) is 5. The Morgan fingerprint density at radius 3 is 2.78 bits per heavy atom. The van der Waals surface area contributed by atoms with Crippen LogP contribution in [-0.2, 0) is 14.8 Å². The molecular weight excluding hydrogens is 316 g/mol. The highest BCUT2D eigenvalue weighted by Gasteiger charge is 2.26. The fourth-order valence-corrected chi connectivity index (χ4v) is 3.29. The maximum absolute atomic E-state index is 12.5. The van der Waals surface area contributed by atoms with Crippen molar-refractivity contribution < 1.29 is 13.2 Å². The molecule has 0 radical (unpaired) electrons. The maximum Gasteiger partial charge on any atom is 0.256 e.